The standard InChI is InChI=1S/C17H19N3O3/c1-2-3-7-20-8-6-12-9-11(4-5-14(12)20)10-13-15(21)18-17(23)19-16(13)22/h4-5,9-10H,2-3,6-8H2,1H3,(H2,18,19,21,22,23). The topological polar surface area (TPSA) is 78.5 Å². The van der Waals surface area contributed by atoms with E-state index in [4.69, 9.17) is 0 Å². The lowest BCUT2D eigenvalue weighted by molar-refractivity contribution is -0.123. The Kier molecular flexibility index (Phi) is 4.14. The van der Waals surface area contributed by atoms with Crippen LogP contribution in [0.5, 0.6) is 0 Å². The molecule has 0 atom stereocenters. The van der Waals surface area contributed by atoms with Gasteiger partial charge in [0.2, 0.25) is 0 Å². The van der Waals surface area contributed by atoms with E-state index in [9.17, 15) is 14.4 Å². The quantitative estimate of drug-likeness (QED) is 0.654. The molecule has 1 aromatic carbocycles. The number of barbiturate groups is 1. The van der Waals surface area contributed by atoms with Gasteiger partial charge in [0.05, 0.1) is 0 Å². The fourth-order valence-electron chi connectivity index (χ4n) is 2.93. The van der Waals surface area contributed by atoms with Crippen LogP contribution >= 0.6 is 0 Å². The Bertz CT molecular complexity index is 687. The SMILES string of the molecule is CCCCN1CCc2cc(C=C3C(=O)NC(=O)NC3=O)ccc21. The van der Waals surface area contributed by atoms with Gasteiger partial charge in [0.15, 0.2) is 0 Å². The van der Waals surface area contributed by atoms with E-state index in [0.717, 1.165) is 25.1 Å². The van der Waals surface area contributed by atoms with Crippen molar-refractivity contribution in [2.75, 3.05) is 18.0 Å². The molecule has 6 heteroatoms. The monoisotopic (exact) mass is 313 g/mol. The highest BCUT2D eigenvalue weighted by Crippen LogP contribution is 2.29. The number of hydrogen-bond acceptors (Lipinski definition) is 4. The largest absolute Gasteiger partial charge is 0.371 e. The summed E-state index contributed by atoms with van der Waals surface area (Å²) in [6, 6.07) is 5.16. The smallest absolute Gasteiger partial charge is 0.328 e. The van der Waals surface area contributed by atoms with Crippen LogP contribution in [0.15, 0.2) is 23.8 Å². The average molecular weight is 313 g/mol. The molecular formula is C17H19N3O3. The number of imide groups is 2. The maximum Gasteiger partial charge on any atom is 0.328 e. The number of carbonyl (C=O) groups excluding carboxylic acids is 3. The van der Waals surface area contributed by atoms with Gasteiger partial charge in [-0.1, -0.05) is 19.4 Å². The molecule has 0 unspecified atom stereocenters. The second kappa shape index (κ2) is 6.24. The van der Waals surface area contributed by atoms with E-state index in [2.05, 4.69) is 22.5 Å². The molecule has 120 valence electrons. The number of hydrogen-bond donors (Lipinski definition) is 2. The Balaban J connectivity index is 1.83. The Morgan fingerprint density at radius 1 is 1.17 bits per heavy atom. The molecule has 1 aromatic rings. The van der Waals surface area contributed by atoms with Gasteiger partial charge >= 0.3 is 6.03 Å². The van der Waals surface area contributed by atoms with Gasteiger partial charge in [-0.3, -0.25) is 20.2 Å². The molecule has 6 nitrogen and oxygen atoms in total. The zero-order valence-corrected chi connectivity index (χ0v) is 13.0. The number of carbonyl (C=O) groups is 3. The van der Waals surface area contributed by atoms with Gasteiger partial charge in [-0.25, -0.2) is 4.79 Å². The molecule has 23 heavy (non-hydrogen) atoms. The summed E-state index contributed by atoms with van der Waals surface area (Å²) in [6.45, 7) is 4.24. The second-order valence-electron chi connectivity index (χ2n) is 5.77. The number of nitrogens with zero attached hydrogens (tertiary/aromatic N) is 1. The number of nitrogens with one attached hydrogen (secondary N) is 2. The minimum Gasteiger partial charge on any atom is -0.371 e. The number of amides is 4. The molecule has 1 saturated heterocycles. The lowest BCUT2D eigenvalue weighted by Gasteiger charge is -2.19. The predicted molar refractivity (Wildman–Crippen MR) is 86.9 cm³/mol. The number of urea groups is 1. The van der Waals surface area contributed by atoms with Crippen molar-refractivity contribution < 1.29 is 14.4 Å². The molecule has 3 rings (SSSR count). The number of anilines is 1. The van der Waals surface area contributed by atoms with E-state index >= 15 is 0 Å². The molecule has 0 saturated carbocycles. The van der Waals surface area contributed by atoms with E-state index < -0.39 is 17.8 Å². The minimum absolute atomic E-state index is 0.0506. The summed E-state index contributed by atoms with van der Waals surface area (Å²) in [4.78, 5) is 36.9. The van der Waals surface area contributed by atoms with Crippen molar-refractivity contribution in [3.63, 3.8) is 0 Å². The Morgan fingerprint density at radius 2 is 1.91 bits per heavy atom. The molecule has 2 N–H and O–H groups in total. The maximum absolute atomic E-state index is 11.8. The molecule has 1 fully saturated rings. The number of benzene rings is 1. The highest BCUT2D eigenvalue weighted by molar-refractivity contribution is 6.31. The number of fused-ring (bicyclic) bond motifs is 1. The third-order valence-corrected chi connectivity index (χ3v) is 4.13. The maximum atomic E-state index is 11.8. The zero-order valence-electron chi connectivity index (χ0n) is 13.0. The van der Waals surface area contributed by atoms with Crippen LogP contribution in [0.2, 0.25) is 0 Å². The highest BCUT2D eigenvalue weighted by Gasteiger charge is 2.28. The van der Waals surface area contributed by atoms with Crippen LogP contribution in [0.25, 0.3) is 6.08 Å². The fraction of sp³-hybridized carbons (Fsp3) is 0.353. The molecule has 0 aliphatic carbocycles. The van der Waals surface area contributed by atoms with Crippen LogP contribution in [0, 0.1) is 0 Å². The average Bonchev–Trinajstić information content (AvgIpc) is 2.91. The zero-order chi connectivity index (χ0) is 16.4. The highest BCUT2D eigenvalue weighted by atomic mass is 16.2. The normalized spacial score (nSPS) is 17.0. The van der Waals surface area contributed by atoms with E-state index in [-0.39, 0.29) is 5.57 Å². The van der Waals surface area contributed by atoms with Crippen molar-refractivity contribution in [2.24, 2.45) is 0 Å². The summed E-state index contributed by atoms with van der Waals surface area (Å²) >= 11 is 0. The molecule has 2 aliphatic heterocycles. The van der Waals surface area contributed by atoms with Gasteiger partial charge in [0.1, 0.15) is 5.57 Å². The molecule has 0 radical (unpaired) electrons. The van der Waals surface area contributed by atoms with E-state index in [0.29, 0.717) is 0 Å². The third-order valence-electron chi connectivity index (χ3n) is 4.13. The fourth-order valence-corrected chi connectivity index (χ4v) is 2.93. The lowest BCUT2D eigenvalue weighted by Crippen LogP contribution is -2.51. The molecule has 0 aromatic heterocycles. The summed E-state index contributed by atoms with van der Waals surface area (Å²) in [5.74, 6) is -1.33. The summed E-state index contributed by atoms with van der Waals surface area (Å²) in [7, 11) is 0. The van der Waals surface area contributed by atoms with Gasteiger partial charge in [0.25, 0.3) is 11.8 Å². The molecule has 2 aliphatic rings. The molecular weight excluding hydrogens is 294 g/mol. The van der Waals surface area contributed by atoms with Gasteiger partial charge in [-0.05, 0) is 42.2 Å². The van der Waals surface area contributed by atoms with Crippen molar-refractivity contribution in [3.05, 3.63) is 34.9 Å². The predicted octanol–water partition coefficient (Wildman–Crippen LogP) is 1.60. The van der Waals surface area contributed by atoms with Gasteiger partial charge in [-0.2, -0.15) is 0 Å². The van der Waals surface area contributed by atoms with E-state index in [1.54, 1.807) is 0 Å². The van der Waals surface area contributed by atoms with E-state index in [1.165, 1.54) is 30.2 Å². The van der Waals surface area contributed by atoms with Crippen LogP contribution in [0.1, 0.15) is 30.9 Å². The van der Waals surface area contributed by atoms with Crippen LogP contribution in [-0.2, 0) is 16.0 Å². The first kappa shape index (κ1) is 15.3. The van der Waals surface area contributed by atoms with Crippen molar-refractivity contribution in [1.82, 2.24) is 10.6 Å². The van der Waals surface area contributed by atoms with Crippen LogP contribution in [0.3, 0.4) is 0 Å². The third kappa shape index (κ3) is 3.11. The van der Waals surface area contributed by atoms with Crippen molar-refractivity contribution in [1.29, 1.82) is 0 Å². The second-order valence-corrected chi connectivity index (χ2v) is 5.77. The Labute approximate surface area is 134 Å². The van der Waals surface area contributed by atoms with Crippen LogP contribution < -0.4 is 15.5 Å². The summed E-state index contributed by atoms with van der Waals surface area (Å²) in [5.41, 5.74) is 3.19. The van der Waals surface area contributed by atoms with Gasteiger partial charge in [0, 0.05) is 18.8 Å². The van der Waals surface area contributed by atoms with Crippen LogP contribution in [-0.4, -0.2) is 30.9 Å². The van der Waals surface area contributed by atoms with Crippen molar-refractivity contribution >= 4 is 29.6 Å². The summed E-state index contributed by atoms with van der Waals surface area (Å²) < 4.78 is 0. The Morgan fingerprint density at radius 3 is 2.61 bits per heavy atom. The first-order valence-electron chi connectivity index (χ1n) is 7.84. The molecule has 0 bridgehead atoms. The number of rotatable bonds is 4. The summed E-state index contributed by atoms with van der Waals surface area (Å²) in [6.07, 6.45) is 4.82. The minimum atomic E-state index is -0.780. The first-order chi connectivity index (χ1) is 11.1. The Hall–Kier alpha value is -2.63. The molecule has 0 spiro atoms. The first-order valence-corrected chi connectivity index (χ1v) is 7.84. The molecule has 2 heterocycles. The van der Waals surface area contributed by atoms with Crippen molar-refractivity contribution in [3.8, 4) is 0 Å². The van der Waals surface area contributed by atoms with Crippen LogP contribution in [0.4, 0.5) is 10.5 Å². The van der Waals surface area contributed by atoms with E-state index in [1.807, 2.05) is 18.2 Å². The summed E-state index contributed by atoms with van der Waals surface area (Å²) in [5, 5.41) is 4.15. The number of unbranched alkanes of at least 4 members (excludes halogenated alkanes) is 1. The van der Waals surface area contributed by atoms with Gasteiger partial charge in [-0.15, -0.1) is 0 Å². The van der Waals surface area contributed by atoms with Gasteiger partial charge < -0.3 is 4.90 Å². The lowest BCUT2D eigenvalue weighted by atomic mass is 10.0. The molecule has 4 amide bonds. The van der Waals surface area contributed by atoms with Crippen molar-refractivity contribution in [2.45, 2.75) is 26.2 Å².